The van der Waals surface area contributed by atoms with Crippen molar-refractivity contribution >= 4 is 57.0 Å². The standard InChI is InChI=1S/C40H43ClN6O4/c1-24-11-14-33-26(15-24)16-36(44-33)40(51)47-21-28-20-46(37(48)17-27-19-43-35-18-29(41)12-13-30(27)35)23-32(31(28)22-47)38(49)45-34(39(50)42-2)10-6-9-25-7-4-3-5-8-25/h3-5,7-8,11-16,18-19,28,31-32,34,43-44H,6,9-10,17,20-23H2,1-2H3,(H,42,50)(H,45,49)/t28?,31?,32?,34-/m0/s1. The van der Waals surface area contributed by atoms with Crippen molar-refractivity contribution in [2.24, 2.45) is 17.8 Å². The van der Waals surface area contributed by atoms with E-state index in [-0.39, 0.29) is 48.4 Å². The summed E-state index contributed by atoms with van der Waals surface area (Å²) in [6.07, 6.45) is 3.96. The van der Waals surface area contributed by atoms with E-state index >= 15 is 0 Å². The van der Waals surface area contributed by atoms with Crippen LogP contribution < -0.4 is 10.6 Å². The lowest BCUT2D eigenvalue weighted by Crippen LogP contribution is -2.56. The summed E-state index contributed by atoms with van der Waals surface area (Å²) in [5, 5.41) is 8.26. The molecule has 4 N–H and O–H groups in total. The first-order valence-corrected chi connectivity index (χ1v) is 18.0. The molecule has 3 aromatic carbocycles. The lowest BCUT2D eigenvalue weighted by molar-refractivity contribution is -0.140. The zero-order valence-corrected chi connectivity index (χ0v) is 29.6. The number of carbonyl (C=O) groups excluding carboxylic acids is 4. The van der Waals surface area contributed by atoms with Crippen molar-refractivity contribution in [3.8, 4) is 0 Å². The predicted octanol–water partition coefficient (Wildman–Crippen LogP) is 5.25. The number of H-pyrrole nitrogens is 2. The highest BCUT2D eigenvalue weighted by molar-refractivity contribution is 6.31. The SMILES string of the molecule is CNC(=O)[C@H](CCCc1ccccc1)NC(=O)C1CN(C(=O)Cc2c[nH]c3cc(Cl)ccc23)CC2CN(C(=O)c3cc4cc(C)ccc4[nH]3)CC21. The molecule has 2 aliphatic rings. The van der Waals surface area contributed by atoms with E-state index in [1.807, 2.05) is 67.7 Å². The lowest BCUT2D eigenvalue weighted by Gasteiger charge is -2.40. The second-order valence-corrected chi connectivity index (χ2v) is 14.5. The molecule has 5 aromatic rings. The summed E-state index contributed by atoms with van der Waals surface area (Å²) >= 11 is 6.19. The van der Waals surface area contributed by atoms with E-state index in [4.69, 9.17) is 11.6 Å². The van der Waals surface area contributed by atoms with E-state index in [1.54, 1.807) is 22.9 Å². The van der Waals surface area contributed by atoms with Gasteiger partial charge in [0.1, 0.15) is 11.7 Å². The molecule has 11 heteroatoms. The Hall–Kier alpha value is -5.09. The van der Waals surface area contributed by atoms with Crippen LogP contribution in [0.3, 0.4) is 0 Å². The Kier molecular flexibility index (Phi) is 9.86. The Morgan fingerprint density at radius 2 is 1.73 bits per heavy atom. The quantitative estimate of drug-likeness (QED) is 0.158. The smallest absolute Gasteiger partial charge is 0.270 e. The molecule has 2 saturated heterocycles. The number of aromatic nitrogens is 2. The molecule has 0 saturated carbocycles. The first-order chi connectivity index (χ1) is 24.7. The zero-order valence-electron chi connectivity index (χ0n) is 28.9. The van der Waals surface area contributed by atoms with Crippen LogP contribution in [0.2, 0.25) is 5.02 Å². The van der Waals surface area contributed by atoms with Crippen LogP contribution in [-0.4, -0.2) is 82.7 Å². The Labute approximate surface area is 301 Å². The molecule has 4 amide bonds. The summed E-state index contributed by atoms with van der Waals surface area (Å²) in [7, 11) is 1.57. The van der Waals surface area contributed by atoms with Crippen LogP contribution in [0.25, 0.3) is 21.8 Å². The molecule has 0 aliphatic carbocycles. The number of likely N-dealkylation sites (tertiary alicyclic amines) is 2. The molecule has 10 nitrogen and oxygen atoms in total. The third-order valence-corrected chi connectivity index (χ3v) is 10.9. The topological polar surface area (TPSA) is 130 Å². The van der Waals surface area contributed by atoms with Crippen LogP contribution in [0.1, 0.15) is 40.0 Å². The number of likely N-dealkylation sites (N-methyl/N-ethyl adjacent to an activating group) is 1. The normalized spacial score (nSPS) is 19.2. The zero-order chi connectivity index (χ0) is 35.6. The lowest BCUT2D eigenvalue weighted by atomic mass is 9.79. The highest BCUT2D eigenvalue weighted by Gasteiger charge is 2.48. The van der Waals surface area contributed by atoms with Gasteiger partial charge in [0.2, 0.25) is 17.7 Å². The second kappa shape index (κ2) is 14.6. The molecule has 2 fully saturated rings. The van der Waals surface area contributed by atoms with Crippen molar-refractivity contribution in [1.29, 1.82) is 0 Å². The van der Waals surface area contributed by atoms with Gasteiger partial charge in [0.05, 0.1) is 12.3 Å². The fourth-order valence-electron chi connectivity index (χ4n) is 7.92. The average Bonchev–Trinajstić information content (AvgIpc) is 3.87. The van der Waals surface area contributed by atoms with Crippen molar-refractivity contribution in [1.82, 2.24) is 30.4 Å². The Balaban J connectivity index is 1.11. The molecule has 7 rings (SSSR count). The number of nitrogens with one attached hydrogen (secondary N) is 4. The van der Waals surface area contributed by atoms with Crippen LogP contribution in [0.4, 0.5) is 0 Å². The maximum atomic E-state index is 14.2. The first-order valence-electron chi connectivity index (χ1n) is 17.6. The summed E-state index contributed by atoms with van der Waals surface area (Å²) in [6, 6.07) is 22.8. The number of nitrogens with zero attached hydrogens (tertiary/aromatic N) is 2. The summed E-state index contributed by atoms with van der Waals surface area (Å²) < 4.78 is 0. The number of halogens is 1. The first kappa shape index (κ1) is 34.4. The number of benzene rings is 3. The minimum absolute atomic E-state index is 0.0939. The van der Waals surface area contributed by atoms with E-state index in [2.05, 4.69) is 32.7 Å². The van der Waals surface area contributed by atoms with Gasteiger partial charge >= 0.3 is 0 Å². The van der Waals surface area contributed by atoms with Gasteiger partial charge in [-0.25, -0.2) is 0 Å². The molecule has 4 atom stereocenters. The number of amides is 4. The van der Waals surface area contributed by atoms with Gasteiger partial charge in [-0.05, 0) is 79.5 Å². The van der Waals surface area contributed by atoms with Crippen molar-refractivity contribution in [2.45, 2.75) is 38.6 Å². The van der Waals surface area contributed by atoms with Gasteiger partial charge in [0, 0.05) is 66.3 Å². The molecule has 2 aromatic heterocycles. The minimum atomic E-state index is -0.720. The number of hydrogen-bond acceptors (Lipinski definition) is 4. The fourth-order valence-corrected chi connectivity index (χ4v) is 8.09. The third kappa shape index (κ3) is 7.37. The number of carbonyl (C=O) groups is 4. The van der Waals surface area contributed by atoms with Crippen LogP contribution in [0.15, 0.2) is 79.0 Å². The third-order valence-electron chi connectivity index (χ3n) is 10.6. The molecular weight excluding hydrogens is 664 g/mol. The van der Waals surface area contributed by atoms with Gasteiger partial charge in [0.15, 0.2) is 0 Å². The molecule has 0 bridgehead atoms. The summed E-state index contributed by atoms with van der Waals surface area (Å²) in [4.78, 5) is 65.1. The Morgan fingerprint density at radius 1 is 0.922 bits per heavy atom. The van der Waals surface area contributed by atoms with Gasteiger partial charge in [-0.2, -0.15) is 0 Å². The van der Waals surface area contributed by atoms with E-state index < -0.39 is 12.0 Å². The minimum Gasteiger partial charge on any atom is -0.361 e. The molecule has 2 aliphatic heterocycles. The summed E-state index contributed by atoms with van der Waals surface area (Å²) in [5.74, 6) is -1.62. The number of hydrogen-bond donors (Lipinski definition) is 4. The van der Waals surface area contributed by atoms with Crippen molar-refractivity contribution in [2.75, 3.05) is 33.2 Å². The molecule has 0 radical (unpaired) electrons. The van der Waals surface area contributed by atoms with Gasteiger partial charge < -0.3 is 30.4 Å². The number of aryl methyl sites for hydroxylation is 2. The fraction of sp³-hybridized carbons (Fsp3) is 0.350. The van der Waals surface area contributed by atoms with Gasteiger partial charge in [-0.3, -0.25) is 19.2 Å². The monoisotopic (exact) mass is 706 g/mol. The van der Waals surface area contributed by atoms with Crippen LogP contribution in [0.5, 0.6) is 0 Å². The Morgan fingerprint density at radius 3 is 2.53 bits per heavy atom. The Bertz CT molecular complexity index is 2090. The number of rotatable bonds is 10. The summed E-state index contributed by atoms with van der Waals surface area (Å²) in [6.45, 7) is 3.47. The molecule has 0 spiro atoms. The van der Waals surface area contributed by atoms with Crippen LogP contribution in [-0.2, 0) is 27.2 Å². The van der Waals surface area contributed by atoms with Gasteiger partial charge in [-0.1, -0.05) is 59.6 Å². The maximum Gasteiger partial charge on any atom is 0.270 e. The highest BCUT2D eigenvalue weighted by Crippen LogP contribution is 2.37. The number of piperidine rings is 1. The molecular formula is C40H43ClN6O4. The largest absolute Gasteiger partial charge is 0.361 e. The molecule has 264 valence electrons. The second-order valence-electron chi connectivity index (χ2n) is 14.0. The maximum absolute atomic E-state index is 14.2. The van der Waals surface area contributed by atoms with E-state index in [9.17, 15) is 19.2 Å². The van der Waals surface area contributed by atoms with Gasteiger partial charge in [-0.15, -0.1) is 0 Å². The van der Waals surface area contributed by atoms with Crippen molar-refractivity contribution in [3.05, 3.63) is 106 Å². The van der Waals surface area contributed by atoms with Crippen LogP contribution >= 0.6 is 11.6 Å². The van der Waals surface area contributed by atoms with Gasteiger partial charge in [0.25, 0.3) is 5.91 Å². The number of aromatic amines is 2. The average molecular weight is 707 g/mol. The molecule has 51 heavy (non-hydrogen) atoms. The van der Waals surface area contributed by atoms with Crippen molar-refractivity contribution < 1.29 is 19.2 Å². The predicted molar refractivity (Wildman–Crippen MR) is 198 cm³/mol. The van der Waals surface area contributed by atoms with Crippen molar-refractivity contribution in [3.63, 3.8) is 0 Å². The van der Waals surface area contributed by atoms with E-state index in [0.717, 1.165) is 39.4 Å². The molecule has 3 unspecified atom stereocenters. The van der Waals surface area contributed by atoms with Crippen LogP contribution in [0, 0.1) is 24.7 Å². The van der Waals surface area contributed by atoms with E-state index in [0.29, 0.717) is 43.2 Å². The van der Waals surface area contributed by atoms with E-state index in [1.165, 1.54) is 5.56 Å². The number of fused-ring (bicyclic) bond motifs is 3. The highest BCUT2D eigenvalue weighted by atomic mass is 35.5. The molecule has 4 heterocycles. The summed E-state index contributed by atoms with van der Waals surface area (Å²) in [5.41, 5.74) is 5.37.